The van der Waals surface area contributed by atoms with Gasteiger partial charge in [0.1, 0.15) is 5.15 Å². The van der Waals surface area contributed by atoms with Crippen molar-refractivity contribution in [1.29, 1.82) is 0 Å². The van der Waals surface area contributed by atoms with E-state index in [1.807, 2.05) is 24.3 Å². The van der Waals surface area contributed by atoms with Crippen LogP contribution in [-0.4, -0.2) is 25.2 Å². The number of aromatic nitrogens is 1. The fourth-order valence-corrected chi connectivity index (χ4v) is 1.89. The lowest BCUT2D eigenvalue weighted by molar-refractivity contribution is 0.0590. The molecule has 0 N–H and O–H groups in total. The van der Waals surface area contributed by atoms with Gasteiger partial charge >= 0.3 is 5.97 Å². The van der Waals surface area contributed by atoms with Gasteiger partial charge in [-0.3, -0.25) is 0 Å². The van der Waals surface area contributed by atoms with Crippen molar-refractivity contribution >= 4 is 28.3 Å². The molecule has 88 valence electrons. The van der Waals surface area contributed by atoms with Crippen LogP contribution in [0.25, 0.3) is 10.8 Å². The minimum Gasteiger partial charge on any atom is -0.494 e. The predicted molar refractivity (Wildman–Crippen MR) is 64.6 cm³/mol. The fourth-order valence-electron chi connectivity index (χ4n) is 1.64. The van der Waals surface area contributed by atoms with Crippen molar-refractivity contribution in [2.24, 2.45) is 0 Å². The van der Waals surface area contributed by atoms with Gasteiger partial charge in [-0.1, -0.05) is 35.9 Å². The third-order valence-electron chi connectivity index (χ3n) is 2.40. The fraction of sp³-hybridized carbons (Fsp3) is 0.167. The van der Waals surface area contributed by atoms with Crippen LogP contribution in [0.15, 0.2) is 24.3 Å². The molecular formula is C12H10ClNO3. The van der Waals surface area contributed by atoms with Crippen LogP contribution < -0.4 is 4.74 Å². The van der Waals surface area contributed by atoms with Gasteiger partial charge < -0.3 is 9.47 Å². The predicted octanol–water partition coefficient (Wildman–Crippen LogP) is 2.68. The number of carbonyl (C=O) groups is 1. The van der Waals surface area contributed by atoms with E-state index in [0.717, 1.165) is 10.8 Å². The van der Waals surface area contributed by atoms with Crippen molar-refractivity contribution in [2.45, 2.75) is 0 Å². The zero-order valence-electron chi connectivity index (χ0n) is 9.36. The number of fused-ring (bicyclic) bond motifs is 1. The summed E-state index contributed by atoms with van der Waals surface area (Å²) in [6.45, 7) is 0. The SMILES string of the molecule is COC(=O)c1nc(Cl)c2ccccc2c1OC. The smallest absolute Gasteiger partial charge is 0.360 e. The lowest BCUT2D eigenvalue weighted by Crippen LogP contribution is -2.07. The molecule has 1 heterocycles. The summed E-state index contributed by atoms with van der Waals surface area (Å²) in [6.07, 6.45) is 0. The Labute approximate surface area is 103 Å². The number of ether oxygens (including phenoxy) is 2. The molecule has 0 aliphatic rings. The molecule has 0 saturated heterocycles. The summed E-state index contributed by atoms with van der Waals surface area (Å²) in [5.74, 6) is -0.202. The molecule has 4 nitrogen and oxygen atoms in total. The average molecular weight is 252 g/mol. The Morgan fingerprint density at radius 3 is 2.47 bits per heavy atom. The minimum atomic E-state index is -0.575. The first-order valence-corrected chi connectivity index (χ1v) is 5.27. The molecule has 0 amide bonds. The van der Waals surface area contributed by atoms with E-state index >= 15 is 0 Å². The molecule has 0 atom stereocenters. The number of halogens is 1. The number of pyridine rings is 1. The topological polar surface area (TPSA) is 48.4 Å². The minimum absolute atomic E-state index is 0.0821. The number of methoxy groups -OCH3 is 2. The number of hydrogen-bond acceptors (Lipinski definition) is 4. The summed E-state index contributed by atoms with van der Waals surface area (Å²) in [5.41, 5.74) is 0.0821. The Balaban J connectivity index is 2.82. The molecule has 0 aliphatic carbocycles. The van der Waals surface area contributed by atoms with Gasteiger partial charge in [0, 0.05) is 10.8 Å². The third-order valence-corrected chi connectivity index (χ3v) is 2.69. The van der Waals surface area contributed by atoms with E-state index in [9.17, 15) is 4.79 Å². The molecule has 0 bridgehead atoms. The van der Waals surface area contributed by atoms with E-state index in [-0.39, 0.29) is 10.8 Å². The maximum atomic E-state index is 11.6. The molecule has 0 spiro atoms. The van der Waals surface area contributed by atoms with E-state index in [4.69, 9.17) is 16.3 Å². The van der Waals surface area contributed by atoms with Gasteiger partial charge in [-0.2, -0.15) is 0 Å². The van der Waals surface area contributed by atoms with Crippen LogP contribution in [0.2, 0.25) is 5.15 Å². The first-order chi connectivity index (χ1) is 8.19. The Morgan fingerprint density at radius 2 is 1.88 bits per heavy atom. The number of benzene rings is 1. The van der Waals surface area contributed by atoms with Crippen LogP contribution in [0, 0.1) is 0 Å². The highest BCUT2D eigenvalue weighted by Crippen LogP contribution is 2.32. The highest BCUT2D eigenvalue weighted by atomic mass is 35.5. The molecule has 1 aromatic heterocycles. The lowest BCUT2D eigenvalue weighted by atomic mass is 10.1. The number of hydrogen-bond donors (Lipinski definition) is 0. The van der Waals surface area contributed by atoms with E-state index in [1.165, 1.54) is 14.2 Å². The number of rotatable bonds is 2. The summed E-state index contributed by atoms with van der Waals surface area (Å²) in [5, 5.41) is 1.72. The Bertz CT molecular complexity index is 583. The molecule has 2 rings (SSSR count). The van der Waals surface area contributed by atoms with Gasteiger partial charge in [0.05, 0.1) is 14.2 Å². The summed E-state index contributed by atoms with van der Waals surface area (Å²) in [6, 6.07) is 7.30. The molecule has 5 heteroatoms. The van der Waals surface area contributed by atoms with E-state index in [2.05, 4.69) is 9.72 Å². The normalized spacial score (nSPS) is 10.3. The van der Waals surface area contributed by atoms with E-state index in [1.54, 1.807) is 0 Å². The number of nitrogens with zero attached hydrogens (tertiary/aromatic N) is 1. The highest BCUT2D eigenvalue weighted by Gasteiger charge is 2.19. The monoisotopic (exact) mass is 251 g/mol. The van der Waals surface area contributed by atoms with Crippen LogP contribution in [-0.2, 0) is 4.74 Å². The van der Waals surface area contributed by atoms with Gasteiger partial charge in [-0.25, -0.2) is 9.78 Å². The summed E-state index contributed by atoms with van der Waals surface area (Å²) >= 11 is 6.02. The maximum absolute atomic E-state index is 11.6. The molecule has 0 aliphatic heterocycles. The van der Waals surface area contributed by atoms with Crippen molar-refractivity contribution in [1.82, 2.24) is 4.98 Å². The molecule has 17 heavy (non-hydrogen) atoms. The van der Waals surface area contributed by atoms with Crippen LogP contribution in [0.4, 0.5) is 0 Å². The number of carbonyl (C=O) groups excluding carboxylic acids is 1. The van der Waals surface area contributed by atoms with E-state index < -0.39 is 5.97 Å². The van der Waals surface area contributed by atoms with Crippen LogP contribution in [0.1, 0.15) is 10.5 Å². The third kappa shape index (κ3) is 1.91. The quantitative estimate of drug-likeness (QED) is 0.608. The Kier molecular flexibility index (Phi) is 3.15. The van der Waals surface area contributed by atoms with Crippen molar-refractivity contribution in [3.63, 3.8) is 0 Å². The van der Waals surface area contributed by atoms with Crippen LogP contribution in [0.5, 0.6) is 5.75 Å². The summed E-state index contributed by atoms with van der Waals surface area (Å²) in [4.78, 5) is 15.6. The standard InChI is InChI=1S/C12H10ClNO3/c1-16-10-7-5-3-4-6-8(7)11(13)14-9(10)12(15)17-2/h3-6H,1-2H3. The van der Waals surface area contributed by atoms with Crippen molar-refractivity contribution < 1.29 is 14.3 Å². The average Bonchev–Trinajstić information content (AvgIpc) is 2.38. The lowest BCUT2D eigenvalue weighted by Gasteiger charge is -2.10. The van der Waals surface area contributed by atoms with Gasteiger partial charge in [-0.05, 0) is 0 Å². The summed E-state index contributed by atoms with van der Waals surface area (Å²) < 4.78 is 9.86. The van der Waals surface area contributed by atoms with Crippen molar-refractivity contribution in [3.05, 3.63) is 35.1 Å². The van der Waals surface area contributed by atoms with Crippen LogP contribution in [0.3, 0.4) is 0 Å². The van der Waals surface area contributed by atoms with Gasteiger partial charge in [-0.15, -0.1) is 0 Å². The molecule has 1 aromatic carbocycles. The Hall–Kier alpha value is -1.81. The number of esters is 1. The first-order valence-electron chi connectivity index (χ1n) is 4.89. The van der Waals surface area contributed by atoms with Gasteiger partial charge in [0.2, 0.25) is 0 Å². The zero-order valence-corrected chi connectivity index (χ0v) is 10.1. The van der Waals surface area contributed by atoms with Crippen molar-refractivity contribution in [2.75, 3.05) is 14.2 Å². The molecule has 0 unspecified atom stereocenters. The molecule has 0 saturated carbocycles. The first kappa shape index (κ1) is 11.7. The summed E-state index contributed by atoms with van der Waals surface area (Å²) in [7, 11) is 2.76. The second-order valence-electron chi connectivity index (χ2n) is 3.32. The maximum Gasteiger partial charge on any atom is 0.360 e. The largest absolute Gasteiger partial charge is 0.494 e. The molecule has 0 radical (unpaired) electrons. The van der Waals surface area contributed by atoms with Crippen molar-refractivity contribution in [3.8, 4) is 5.75 Å². The highest BCUT2D eigenvalue weighted by molar-refractivity contribution is 6.34. The van der Waals surface area contributed by atoms with Gasteiger partial charge in [0.25, 0.3) is 0 Å². The zero-order chi connectivity index (χ0) is 12.4. The molecule has 0 fully saturated rings. The Morgan fingerprint density at radius 1 is 1.24 bits per heavy atom. The van der Waals surface area contributed by atoms with E-state index in [0.29, 0.717) is 5.75 Å². The van der Waals surface area contributed by atoms with Crippen LogP contribution >= 0.6 is 11.6 Å². The second kappa shape index (κ2) is 4.59. The molecular weight excluding hydrogens is 242 g/mol. The van der Waals surface area contributed by atoms with Gasteiger partial charge in [0.15, 0.2) is 11.4 Å². The molecule has 2 aromatic rings. The second-order valence-corrected chi connectivity index (χ2v) is 3.68.